The van der Waals surface area contributed by atoms with Gasteiger partial charge in [-0.1, -0.05) is 0 Å². The normalized spacial score (nSPS) is 17.0. The van der Waals surface area contributed by atoms with Crippen LogP contribution in [0.15, 0.2) is 40.7 Å². The summed E-state index contributed by atoms with van der Waals surface area (Å²) in [4.78, 5) is 25.2. The highest BCUT2D eigenvalue weighted by Crippen LogP contribution is 2.34. The molecule has 7 nitrogen and oxygen atoms in total. The van der Waals surface area contributed by atoms with Crippen molar-refractivity contribution in [3.8, 4) is 16.5 Å². The molecule has 4 rings (SSSR count). The molecule has 1 saturated heterocycles. The van der Waals surface area contributed by atoms with Crippen LogP contribution in [0.3, 0.4) is 0 Å². The standard InChI is InChI=1S/C22H27N5O2S2/c1-22(2,3)29-21(28)26-13-6-5-7-17(26)19-24-18(20-23-12-14-31-20)25-27(19)15-8-10-16(30-4)11-9-15/h8-12,14,17H,5-7,13H2,1-4H3. The zero-order chi connectivity index (χ0) is 22.0. The van der Waals surface area contributed by atoms with Gasteiger partial charge in [-0.3, -0.25) is 4.90 Å². The number of piperidine rings is 1. The molecule has 3 aromatic rings. The predicted molar refractivity (Wildman–Crippen MR) is 124 cm³/mol. The Morgan fingerprint density at radius 2 is 2.00 bits per heavy atom. The first kappa shape index (κ1) is 21.8. The number of benzene rings is 1. The Balaban J connectivity index is 1.76. The van der Waals surface area contributed by atoms with Gasteiger partial charge in [0.1, 0.15) is 5.60 Å². The molecule has 2 aromatic heterocycles. The summed E-state index contributed by atoms with van der Waals surface area (Å²) in [5, 5.41) is 7.47. The Labute approximate surface area is 190 Å². The first-order chi connectivity index (χ1) is 14.9. The number of thioether (sulfide) groups is 1. The van der Waals surface area contributed by atoms with Crippen molar-refractivity contribution in [2.75, 3.05) is 12.8 Å². The highest BCUT2D eigenvalue weighted by Gasteiger charge is 2.35. The predicted octanol–water partition coefficient (Wildman–Crippen LogP) is 5.57. The fraction of sp³-hybridized carbons (Fsp3) is 0.455. The van der Waals surface area contributed by atoms with E-state index < -0.39 is 5.60 Å². The van der Waals surface area contributed by atoms with Crippen molar-refractivity contribution in [2.45, 2.75) is 56.6 Å². The number of rotatable bonds is 4. The van der Waals surface area contributed by atoms with E-state index in [0.717, 1.165) is 35.8 Å². The van der Waals surface area contributed by atoms with Crippen LogP contribution in [-0.4, -0.2) is 49.1 Å². The lowest BCUT2D eigenvalue weighted by molar-refractivity contribution is 0.00820. The largest absolute Gasteiger partial charge is 0.444 e. The monoisotopic (exact) mass is 457 g/mol. The van der Waals surface area contributed by atoms with E-state index in [1.165, 1.54) is 16.2 Å². The van der Waals surface area contributed by atoms with Crippen LogP contribution in [-0.2, 0) is 4.74 Å². The van der Waals surface area contributed by atoms with Gasteiger partial charge in [-0.15, -0.1) is 28.2 Å². The third kappa shape index (κ3) is 4.93. The van der Waals surface area contributed by atoms with Crippen LogP contribution in [0.5, 0.6) is 0 Å². The molecule has 1 aliphatic rings. The van der Waals surface area contributed by atoms with Crippen molar-refractivity contribution >= 4 is 29.2 Å². The van der Waals surface area contributed by atoms with Gasteiger partial charge < -0.3 is 4.74 Å². The molecule has 1 aromatic carbocycles. The average molecular weight is 458 g/mol. The summed E-state index contributed by atoms with van der Waals surface area (Å²) >= 11 is 3.20. The maximum Gasteiger partial charge on any atom is 0.410 e. The van der Waals surface area contributed by atoms with Gasteiger partial charge >= 0.3 is 6.09 Å². The van der Waals surface area contributed by atoms with E-state index in [9.17, 15) is 4.79 Å². The van der Waals surface area contributed by atoms with Crippen LogP contribution in [0, 0.1) is 0 Å². The van der Waals surface area contributed by atoms with Gasteiger partial charge in [-0.05, 0) is 70.6 Å². The first-order valence-electron chi connectivity index (χ1n) is 10.4. The fourth-order valence-corrected chi connectivity index (χ4v) is 4.59. The lowest BCUT2D eigenvalue weighted by Crippen LogP contribution is -2.42. The molecule has 1 amide bonds. The number of carbonyl (C=O) groups excluding carboxylic acids is 1. The Kier molecular flexibility index (Phi) is 6.34. The molecule has 0 bridgehead atoms. The van der Waals surface area contributed by atoms with E-state index in [1.807, 2.05) is 43.0 Å². The fourth-order valence-electron chi connectivity index (χ4n) is 3.62. The van der Waals surface area contributed by atoms with Crippen molar-refractivity contribution in [3.05, 3.63) is 41.7 Å². The highest BCUT2D eigenvalue weighted by molar-refractivity contribution is 7.98. The second-order valence-electron chi connectivity index (χ2n) is 8.43. The number of aromatic nitrogens is 4. The second-order valence-corrected chi connectivity index (χ2v) is 10.2. The third-order valence-corrected chi connectivity index (χ3v) is 6.51. The molecule has 0 N–H and O–H groups in total. The molecule has 1 aliphatic heterocycles. The summed E-state index contributed by atoms with van der Waals surface area (Å²) in [5.74, 6) is 1.32. The van der Waals surface area contributed by atoms with Crippen molar-refractivity contribution in [1.82, 2.24) is 24.6 Å². The second kappa shape index (κ2) is 9.00. The minimum absolute atomic E-state index is 0.204. The molecule has 3 heterocycles. The molecular formula is C22H27N5O2S2. The lowest BCUT2D eigenvalue weighted by atomic mass is 10.0. The Hall–Kier alpha value is -2.39. The number of nitrogens with zero attached hydrogens (tertiary/aromatic N) is 5. The van der Waals surface area contributed by atoms with Crippen molar-refractivity contribution < 1.29 is 9.53 Å². The third-order valence-electron chi connectivity index (χ3n) is 5.00. The maximum absolute atomic E-state index is 13.0. The molecule has 164 valence electrons. The van der Waals surface area contributed by atoms with E-state index in [2.05, 4.69) is 23.4 Å². The molecule has 0 saturated carbocycles. The highest BCUT2D eigenvalue weighted by atomic mass is 32.2. The molecule has 0 spiro atoms. The first-order valence-corrected chi connectivity index (χ1v) is 12.5. The molecular weight excluding hydrogens is 430 g/mol. The van der Waals surface area contributed by atoms with Crippen LogP contribution in [0.4, 0.5) is 4.79 Å². The summed E-state index contributed by atoms with van der Waals surface area (Å²) in [7, 11) is 0. The SMILES string of the molecule is CSc1ccc(-n2nc(-c3nccs3)nc2C2CCCCN2C(=O)OC(C)(C)C)cc1. The van der Waals surface area contributed by atoms with E-state index in [4.69, 9.17) is 14.8 Å². The van der Waals surface area contributed by atoms with Gasteiger partial charge in [0.05, 0.1) is 11.7 Å². The van der Waals surface area contributed by atoms with Crippen molar-refractivity contribution in [1.29, 1.82) is 0 Å². The van der Waals surface area contributed by atoms with Crippen LogP contribution in [0.25, 0.3) is 16.5 Å². The molecule has 1 fully saturated rings. The van der Waals surface area contributed by atoms with Gasteiger partial charge in [0.25, 0.3) is 0 Å². The molecule has 9 heteroatoms. The van der Waals surface area contributed by atoms with E-state index in [0.29, 0.717) is 12.4 Å². The van der Waals surface area contributed by atoms with Gasteiger partial charge in [0, 0.05) is 23.0 Å². The summed E-state index contributed by atoms with van der Waals surface area (Å²) in [6, 6.07) is 8.01. The summed E-state index contributed by atoms with van der Waals surface area (Å²) in [6.45, 7) is 6.31. The van der Waals surface area contributed by atoms with Gasteiger partial charge in [0.15, 0.2) is 10.8 Å². The summed E-state index contributed by atoms with van der Waals surface area (Å²) in [6.07, 6.45) is 6.29. The summed E-state index contributed by atoms with van der Waals surface area (Å²) < 4.78 is 7.56. The van der Waals surface area contributed by atoms with E-state index in [1.54, 1.807) is 22.9 Å². The number of carbonyl (C=O) groups is 1. The zero-order valence-electron chi connectivity index (χ0n) is 18.2. The Bertz CT molecular complexity index is 1030. The van der Waals surface area contributed by atoms with Gasteiger partial charge in [-0.2, -0.15) is 0 Å². The molecule has 31 heavy (non-hydrogen) atoms. The number of amides is 1. The minimum Gasteiger partial charge on any atom is -0.444 e. The Morgan fingerprint density at radius 3 is 2.65 bits per heavy atom. The van der Waals surface area contributed by atoms with Gasteiger partial charge in [-0.25, -0.2) is 19.4 Å². The topological polar surface area (TPSA) is 73.1 Å². The average Bonchev–Trinajstić information content (AvgIpc) is 3.42. The number of ether oxygens (including phenoxy) is 1. The van der Waals surface area contributed by atoms with Crippen molar-refractivity contribution in [2.24, 2.45) is 0 Å². The van der Waals surface area contributed by atoms with Crippen LogP contribution >= 0.6 is 23.1 Å². The van der Waals surface area contributed by atoms with Crippen LogP contribution in [0.2, 0.25) is 0 Å². The van der Waals surface area contributed by atoms with E-state index >= 15 is 0 Å². The van der Waals surface area contributed by atoms with Crippen molar-refractivity contribution in [3.63, 3.8) is 0 Å². The number of hydrogen-bond donors (Lipinski definition) is 0. The van der Waals surface area contributed by atoms with Crippen LogP contribution < -0.4 is 0 Å². The quantitative estimate of drug-likeness (QED) is 0.477. The number of thiazole rings is 1. The molecule has 1 atom stereocenters. The maximum atomic E-state index is 13.0. The molecule has 0 radical (unpaired) electrons. The smallest absolute Gasteiger partial charge is 0.410 e. The van der Waals surface area contributed by atoms with E-state index in [-0.39, 0.29) is 12.1 Å². The number of likely N-dealkylation sites (tertiary alicyclic amines) is 1. The number of hydrogen-bond acceptors (Lipinski definition) is 7. The molecule has 0 aliphatic carbocycles. The minimum atomic E-state index is -0.549. The van der Waals surface area contributed by atoms with Crippen LogP contribution in [0.1, 0.15) is 51.9 Å². The lowest BCUT2D eigenvalue weighted by Gasteiger charge is -2.36. The zero-order valence-corrected chi connectivity index (χ0v) is 19.9. The van der Waals surface area contributed by atoms with Gasteiger partial charge in [0.2, 0.25) is 5.82 Å². The molecule has 1 unspecified atom stereocenters. The summed E-state index contributed by atoms with van der Waals surface area (Å²) in [5.41, 5.74) is 0.365. The Morgan fingerprint density at radius 1 is 1.23 bits per heavy atom.